The fourth-order valence-electron chi connectivity index (χ4n) is 3.07. The van der Waals surface area contributed by atoms with E-state index in [0.717, 1.165) is 19.3 Å². The van der Waals surface area contributed by atoms with Crippen LogP contribution in [-0.2, 0) is 0 Å². The van der Waals surface area contributed by atoms with Crippen molar-refractivity contribution in [1.29, 1.82) is 0 Å². The highest BCUT2D eigenvalue weighted by Gasteiger charge is 2.31. The lowest BCUT2D eigenvalue weighted by atomic mass is 9.72. The van der Waals surface area contributed by atoms with Gasteiger partial charge in [-0.05, 0) is 42.9 Å². The minimum atomic E-state index is -0.163. The first kappa shape index (κ1) is 14.9. The van der Waals surface area contributed by atoms with Crippen LogP contribution in [0.5, 0.6) is 5.75 Å². The quantitative estimate of drug-likeness (QED) is 0.774. The highest BCUT2D eigenvalue weighted by atomic mass is 16.3. The van der Waals surface area contributed by atoms with Crippen molar-refractivity contribution in [3.05, 3.63) is 29.8 Å². The summed E-state index contributed by atoms with van der Waals surface area (Å²) >= 11 is 0. The Balaban J connectivity index is 1.96. The molecule has 1 saturated carbocycles. The van der Waals surface area contributed by atoms with Gasteiger partial charge in [-0.1, -0.05) is 25.3 Å². The molecule has 0 heterocycles. The van der Waals surface area contributed by atoms with Gasteiger partial charge in [-0.2, -0.15) is 0 Å². The van der Waals surface area contributed by atoms with Crippen LogP contribution in [0.15, 0.2) is 24.3 Å². The molecule has 0 bridgehead atoms. The largest absolute Gasteiger partial charge is 0.508 e. The minimum Gasteiger partial charge on any atom is -0.508 e. The summed E-state index contributed by atoms with van der Waals surface area (Å²) < 4.78 is 0. The van der Waals surface area contributed by atoms with E-state index in [-0.39, 0.29) is 23.7 Å². The monoisotopic (exact) mass is 277 g/mol. The van der Waals surface area contributed by atoms with Crippen molar-refractivity contribution < 1.29 is 15.0 Å². The molecule has 20 heavy (non-hydrogen) atoms. The van der Waals surface area contributed by atoms with E-state index in [1.54, 1.807) is 18.2 Å². The third-order valence-electron chi connectivity index (χ3n) is 4.29. The van der Waals surface area contributed by atoms with Gasteiger partial charge in [0.25, 0.3) is 5.91 Å². The number of rotatable bonds is 5. The SMILES string of the molecule is O=C(NCC1(CCO)CCCCC1)c1cccc(O)c1. The van der Waals surface area contributed by atoms with E-state index >= 15 is 0 Å². The van der Waals surface area contributed by atoms with Crippen LogP contribution in [0.2, 0.25) is 0 Å². The van der Waals surface area contributed by atoms with Crippen LogP contribution in [0.3, 0.4) is 0 Å². The van der Waals surface area contributed by atoms with E-state index in [2.05, 4.69) is 5.32 Å². The van der Waals surface area contributed by atoms with Crippen LogP contribution in [0, 0.1) is 5.41 Å². The van der Waals surface area contributed by atoms with Crippen LogP contribution < -0.4 is 5.32 Å². The molecule has 0 atom stereocenters. The topological polar surface area (TPSA) is 69.6 Å². The number of hydrogen-bond acceptors (Lipinski definition) is 3. The zero-order chi connectivity index (χ0) is 14.4. The summed E-state index contributed by atoms with van der Waals surface area (Å²) in [6.45, 7) is 0.768. The van der Waals surface area contributed by atoms with Crippen molar-refractivity contribution in [3.8, 4) is 5.75 Å². The molecule has 0 aliphatic heterocycles. The van der Waals surface area contributed by atoms with Crippen LogP contribution in [0.25, 0.3) is 0 Å². The summed E-state index contributed by atoms with van der Waals surface area (Å²) in [5.41, 5.74) is 0.513. The average Bonchev–Trinajstić information content (AvgIpc) is 2.46. The predicted octanol–water partition coefficient (Wildman–Crippen LogP) is 2.45. The first-order valence-electron chi connectivity index (χ1n) is 7.33. The smallest absolute Gasteiger partial charge is 0.251 e. The fraction of sp³-hybridized carbons (Fsp3) is 0.562. The predicted molar refractivity (Wildman–Crippen MR) is 77.7 cm³/mol. The molecular formula is C16H23NO3. The summed E-state index contributed by atoms with van der Waals surface area (Å²) in [5, 5.41) is 21.6. The molecule has 0 radical (unpaired) electrons. The van der Waals surface area contributed by atoms with Gasteiger partial charge in [0, 0.05) is 18.7 Å². The van der Waals surface area contributed by atoms with Gasteiger partial charge in [0.1, 0.15) is 5.75 Å². The average molecular weight is 277 g/mol. The normalized spacial score (nSPS) is 17.6. The van der Waals surface area contributed by atoms with Gasteiger partial charge >= 0.3 is 0 Å². The Hall–Kier alpha value is -1.55. The second-order valence-corrected chi connectivity index (χ2v) is 5.77. The standard InChI is InChI=1S/C16H23NO3/c18-10-9-16(7-2-1-3-8-16)12-17-15(20)13-5-4-6-14(19)11-13/h4-6,11,18-19H,1-3,7-10,12H2,(H,17,20). The van der Waals surface area contributed by atoms with E-state index in [1.165, 1.54) is 25.3 Å². The Morgan fingerprint density at radius 3 is 2.65 bits per heavy atom. The molecule has 110 valence electrons. The van der Waals surface area contributed by atoms with E-state index in [9.17, 15) is 15.0 Å². The van der Waals surface area contributed by atoms with Crippen LogP contribution >= 0.6 is 0 Å². The summed E-state index contributed by atoms with van der Waals surface area (Å²) in [6, 6.07) is 6.36. The number of aliphatic hydroxyl groups excluding tert-OH is 1. The molecule has 4 heteroatoms. The van der Waals surface area contributed by atoms with Gasteiger partial charge in [0.05, 0.1) is 0 Å². The summed E-state index contributed by atoms with van der Waals surface area (Å²) in [7, 11) is 0. The van der Waals surface area contributed by atoms with E-state index in [4.69, 9.17) is 0 Å². The lowest BCUT2D eigenvalue weighted by Crippen LogP contribution is -2.39. The second kappa shape index (κ2) is 6.75. The Morgan fingerprint density at radius 1 is 1.25 bits per heavy atom. The molecule has 0 spiro atoms. The first-order valence-corrected chi connectivity index (χ1v) is 7.33. The second-order valence-electron chi connectivity index (χ2n) is 5.77. The van der Waals surface area contributed by atoms with Crippen molar-refractivity contribution in [2.75, 3.05) is 13.2 Å². The molecule has 0 aromatic heterocycles. The maximum absolute atomic E-state index is 12.1. The van der Waals surface area contributed by atoms with Crippen molar-refractivity contribution >= 4 is 5.91 Å². The van der Waals surface area contributed by atoms with E-state index in [0.29, 0.717) is 12.1 Å². The highest BCUT2D eigenvalue weighted by molar-refractivity contribution is 5.94. The molecule has 0 saturated heterocycles. The van der Waals surface area contributed by atoms with Gasteiger partial charge in [0.15, 0.2) is 0 Å². The summed E-state index contributed by atoms with van der Waals surface area (Å²) in [4.78, 5) is 12.1. The van der Waals surface area contributed by atoms with Crippen molar-refractivity contribution in [1.82, 2.24) is 5.32 Å². The number of aliphatic hydroxyl groups is 1. The number of phenolic OH excluding ortho intramolecular Hbond substituents is 1. The van der Waals surface area contributed by atoms with Gasteiger partial charge in [-0.25, -0.2) is 0 Å². The van der Waals surface area contributed by atoms with Crippen molar-refractivity contribution in [2.45, 2.75) is 38.5 Å². The molecule has 1 aromatic carbocycles. The Morgan fingerprint density at radius 2 is 2.00 bits per heavy atom. The van der Waals surface area contributed by atoms with Gasteiger partial charge in [-0.3, -0.25) is 4.79 Å². The summed E-state index contributed by atoms with van der Waals surface area (Å²) in [5.74, 6) is -0.0656. The number of nitrogens with one attached hydrogen (secondary N) is 1. The van der Waals surface area contributed by atoms with Crippen LogP contribution in [-0.4, -0.2) is 29.3 Å². The van der Waals surface area contributed by atoms with Gasteiger partial charge < -0.3 is 15.5 Å². The minimum absolute atomic E-state index is 0.0412. The Bertz CT molecular complexity index is 447. The number of hydrogen-bond donors (Lipinski definition) is 3. The van der Waals surface area contributed by atoms with Gasteiger partial charge in [0.2, 0.25) is 0 Å². The molecular weight excluding hydrogens is 254 g/mol. The first-order chi connectivity index (χ1) is 9.65. The fourth-order valence-corrected chi connectivity index (χ4v) is 3.07. The number of aromatic hydroxyl groups is 1. The highest BCUT2D eigenvalue weighted by Crippen LogP contribution is 2.38. The molecule has 3 N–H and O–H groups in total. The molecule has 4 nitrogen and oxygen atoms in total. The van der Waals surface area contributed by atoms with Crippen molar-refractivity contribution in [2.24, 2.45) is 5.41 Å². The lowest BCUT2D eigenvalue weighted by Gasteiger charge is -2.37. The Kier molecular flexibility index (Phi) is 5.01. The number of phenols is 1. The van der Waals surface area contributed by atoms with Crippen LogP contribution in [0.4, 0.5) is 0 Å². The molecule has 2 rings (SSSR count). The van der Waals surface area contributed by atoms with Crippen LogP contribution in [0.1, 0.15) is 48.9 Å². The maximum atomic E-state index is 12.1. The zero-order valence-corrected chi connectivity index (χ0v) is 11.8. The number of carbonyl (C=O) groups excluding carboxylic acids is 1. The Labute approximate surface area is 119 Å². The van der Waals surface area contributed by atoms with Crippen molar-refractivity contribution in [3.63, 3.8) is 0 Å². The summed E-state index contributed by atoms with van der Waals surface area (Å²) in [6.07, 6.45) is 6.45. The lowest BCUT2D eigenvalue weighted by molar-refractivity contribution is 0.0868. The third-order valence-corrected chi connectivity index (χ3v) is 4.29. The third kappa shape index (κ3) is 3.73. The van der Waals surface area contributed by atoms with Gasteiger partial charge in [-0.15, -0.1) is 0 Å². The molecule has 0 unspecified atom stereocenters. The zero-order valence-electron chi connectivity index (χ0n) is 11.8. The number of carbonyl (C=O) groups is 1. The molecule has 1 aliphatic carbocycles. The number of amides is 1. The molecule has 1 fully saturated rings. The van der Waals surface area contributed by atoms with E-state index < -0.39 is 0 Å². The van der Waals surface area contributed by atoms with E-state index in [1.807, 2.05) is 0 Å². The molecule has 1 aliphatic rings. The number of benzene rings is 1. The molecule has 1 aromatic rings. The molecule has 1 amide bonds. The maximum Gasteiger partial charge on any atom is 0.251 e.